The molecule has 1 aromatic heterocycles. The standard InChI is InChI=1S/C23H18N2OS2/c26-22(25-23-24-20(16-27-23)17-10-4-1-5-11-17)21(18-12-6-2-7-13-18)28-19-14-8-3-9-15-19/h1-16,21H,(H,24,25,26)/t21-/m0/s1. The van der Waals surface area contributed by atoms with Gasteiger partial charge in [-0.15, -0.1) is 23.1 Å². The Labute approximate surface area is 172 Å². The first-order valence-corrected chi connectivity index (χ1v) is 10.6. The molecule has 0 bridgehead atoms. The summed E-state index contributed by atoms with van der Waals surface area (Å²) in [5.41, 5.74) is 2.87. The van der Waals surface area contributed by atoms with E-state index in [1.54, 1.807) is 0 Å². The number of rotatable bonds is 6. The largest absolute Gasteiger partial charge is 0.301 e. The Bertz CT molecular complexity index is 1030. The lowest BCUT2D eigenvalue weighted by Gasteiger charge is -2.16. The minimum Gasteiger partial charge on any atom is -0.301 e. The Morgan fingerprint density at radius 2 is 1.46 bits per heavy atom. The molecule has 3 aromatic carbocycles. The van der Waals surface area contributed by atoms with Crippen LogP contribution in [0.5, 0.6) is 0 Å². The zero-order valence-corrected chi connectivity index (χ0v) is 16.6. The summed E-state index contributed by atoms with van der Waals surface area (Å²) in [7, 11) is 0. The Morgan fingerprint density at radius 1 is 0.857 bits per heavy atom. The lowest BCUT2D eigenvalue weighted by Crippen LogP contribution is -2.18. The summed E-state index contributed by atoms with van der Waals surface area (Å²) < 4.78 is 0. The van der Waals surface area contributed by atoms with Crippen LogP contribution in [0.15, 0.2) is 101 Å². The van der Waals surface area contributed by atoms with Gasteiger partial charge in [-0.05, 0) is 17.7 Å². The van der Waals surface area contributed by atoms with E-state index in [9.17, 15) is 4.79 Å². The Hall–Kier alpha value is -2.89. The van der Waals surface area contributed by atoms with Crippen LogP contribution in [0.25, 0.3) is 11.3 Å². The smallest absolute Gasteiger partial charge is 0.244 e. The summed E-state index contributed by atoms with van der Waals surface area (Å²) in [6.07, 6.45) is 0. The van der Waals surface area contributed by atoms with Crippen molar-refractivity contribution in [3.63, 3.8) is 0 Å². The first kappa shape index (κ1) is 18.5. The number of carbonyl (C=O) groups excluding carboxylic acids is 1. The quantitative estimate of drug-likeness (QED) is 0.386. The molecule has 3 nitrogen and oxygen atoms in total. The zero-order valence-electron chi connectivity index (χ0n) is 15.0. The van der Waals surface area contributed by atoms with E-state index in [0.29, 0.717) is 5.13 Å². The third-order valence-corrected chi connectivity index (χ3v) is 6.17. The highest BCUT2D eigenvalue weighted by molar-refractivity contribution is 8.00. The van der Waals surface area contributed by atoms with E-state index in [0.717, 1.165) is 21.7 Å². The number of amides is 1. The van der Waals surface area contributed by atoms with Crippen LogP contribution in [-0.4, -0.2) is 10.9 Å². The SMILES string of the molecule is O=C(Nc1nc(-c2ccccc2)cs1)[C@@H](Sc1ccccc1)c1ccccc1. The predicted octanol–water partition coefficient (Wildman–Crippen LogP) is 6.28. The Balaban J connectivity index is 1.55. The lowest BCUT2D eigenvalue weighted by molar-refractivity contribution is -0.115. The third kappa shape index (κ3) is 4.50. The van der Waals surface area contributed by atoms with Crippen LogP contribution in [0.4, 0.5) is 5.13 Å². The Morgan fingerprint density at radius 3 is 2.14 bits per heavy atom. The fourth-order valence-corrected chi connectivity index (χ4v) is 4.55. The first-order chi connectivity index (χ1) is 13.8. The van der Waals surface area contributed by atoms with E-state index in [4.69, 9.17) is 0 Å². The molecule has 0 radical (unpaired) electrons. The molecule has 4 rings (SSSR count). The number of thiazole rings is 1. The van der Waals surface area contributed by atoms with Crippen molar-refractivity contribution >= 4 is 34.1 Å². The predicted molar refractivity (Wildman–Crippen MR) is 118 cm³/mol. The minimum absolute atomic E-state index is 0.0750. The molecule has 0 aliphatic rings. The molecule has 0 saturated carbocycles. The van der Waals surface area contributed by atoms with Gasteiger partial charge in [0.05, 0.1) is 5.69 Å². The Kier molecular flexibility index (Phi) is 5.85. The highest BCUT2D eigenvalue weighted by atomic mass is 32.2. The minimum atomic E-state index is -0.354. The van der Waals surface area contributed by atoms with E-state index in [-0.39, 0.29) is 11.2 Å². The van der Waals surface area contributed by atoms with Gasteiger partial charge in [0.25, 0.3) is 0 Å². The molecule has 4 aromatic rings. The molecule has 28 heavy (non-hydrogen) atoms. The summed E-state index contributed by atoms with van der Waals surface area (Å²) in [6, 6.07) is 29.8. The molecule has 0 saturated heterocycles. The average Bonchev–Trinajstić information content (AvgIpc) is 3.22. The van der Waals surface area contributed by atoms with Crippen molar-refractivity contribution in [2.24, 2.45) is 0 Å². The summed E-state index contributed by atoms with van der Waals surface area (Å²) in [5, 5.41) is 5.22. The average molecular weight is 403 g/mol. The molecule has 0 aliphatic carbocycles. The molecule has 5 heteroatoms. The number of thioether (sulfide) groups is 1. The first-order valence-electron chi connectivity index (χ1n) is 8.88. The fourth-order valence-electron chi connectivity index (χ4n) is 2.78. The number of nitrogens with one attached hydrogen (secondary N) is 1. The van der Waals surface area contributed by atoms with Gasteiger partial charge in [-0.25, -0.2) is 4.98 Å². The van der Waals surface area contributed by atoms with Gasteiger partial charge < -0.3 is 5.32 Å². The number of hydrogen-bond acceptors (Lipinski definition) is 4. The maximum absolute atomic E-state index is 13.1. The van der Waals surface area contributed by atoms with Crippen molar-refractivity contribution in [3.05, 3.63) is 102 Å². The molecule has 0 spiro atoms. The number of nitrogens with zero attached hydrogens (tertiary/aromatic N) is 1. The monoisotopic (exact) mass is 402 g/mol. The van der Waals surface area contributed by atoms with Crippen LogP contribution in [0.1, 0.15) is 10.8 Å². The van der Waals surface area contributed by atoms with E-state index < -0.39 is 0 Å². The number of carbonyl (C=O) groups is 1. The molecule has 0 fully saturated rings. The maximum Gasteiger partial charge on any atom is 0.244 e. The maximum atomic E-state index is 13.1. The summed E-state index contributed by atoms with van der Waals surface area (Å²) in [4.78, 5) is 18.7. The van der Waals surface area contributed by atoms with Crippen LogP contribution in [0.2, 0.25) is 0 Å². The topological polar surface area (TPSA) is 42.0 Å². The fraction of sp³-hybridized carbons (Fsp3) is 0.0435. The molecule has 1 heterocycles. The number of benzene rings is 3. The molecule has 1 N–H and O–H groups in total. The molecular formula is C23H18N2OS2. The van der Waals surface area contributed by atoms with E-state index in [1.807, 2.05) is 96.4 Å². The van der Waals surface area contributed by atoms with Gasteiger partial charge >= 0.3 is 0 Å². The second-order valence-corrected chi connectivity index (χ2v) is 8.15. The number of anilines is 1. The van der Waals surface area contributed by atoms with Gasteiger partial charge in [-0.1, -0.05) is 78.9 Å². The molecule has 0 aliphatic heterocycles. The van der Waals surface area contributed by atoms with Crippen LogP contribution in [0.3, 0.4) is 0 Å². The van der Waals surface area contributed by atoms with Crippen molar-refractivity contribution in [2.75, 3.05) is 5.32 Å². The van der Waals surface area contributed by atoms with E-state index >= 15 is 0 Å². The van der Waals surface area contributed by atoms with Crippen molar-refractivity contribution < 1.29 is 4.79 Å². The zero-order chi connectivity index (χ0) is 19.2. The van der Waals surface area contributed by atoms with E-state index in [2.05, 4.69) is 10.3 Å². The van der Waals surface area contributed by atoms with E-state index in [1.165, 1.54) is 23.1 Å². The molecular weight excluding hydrogens is 384 g/mol. The number of aromatic nitrogens is 1. The molecule has 1 atom stereocenters. The molecule has 0 unspecified atom stereocenters. The van der Waals surface area contributed by atoms with Gasteiger partial charge in [0.15, 0.2) is 5.13 Å². The second-order valence-electron chi connectivity index (χ2n) is 6.11. The van der Waals surface area contributed by atoms with Crippen LogP contribution in [0, 0.1) is 0 Å². The van der Waals surface area contributed by atoms with Crippen LogP contribution >= 0.6 is 23.1 Å². The van der Waals surface area contributed by atoms with Gasteiger partial charge in [-0.2, -0.15) is 0 Å². The van der Waals surface area contributed by atoms with Gasteiger partial charge in [0.2, 0.25) is 5.91 Å². The second kappa shape index (κ2) is 8.87. The lowest BCUT2D eigenvalue weighted by atomic mass is 10.1. The van der Waals surface area contributed by atoms with Crippen molar-refractivity contribution in [1.82, 2.24) is 4.98 Å². The molecule has 1 amide bonds. The van der Waals surface area contributed by atoms with Crippen molar-refractivity contribution in [1.29, 1.82) is 0 Å². The highest BCUT2D eigenvalue weighted by Crippen LogP contribution is 2.36. The summed E-state index contributed by atoms with van der Waals surface area (Å²) in [6.45, 7) is 0. The molecule has 138 valence electrons. The number of hydrogen-bond donors (Lipinski definition) is 1. The van der Waals surface area contributed by atoms with Gasteiger partial charge in [-0.3, -0.25) is 4.79 Å². The third-order valence-electron chi connectivity index (χ3n) is 4.14. The van der Waals surface area contributed by atoms with Crippen LogP contribution < -0.4 is 5.32 Å². The van der Waals surface area contributed by atoms with Gasteiger partial charge in [0, 0.05) is 15.8 Å². The van der Waals surface area contributed by atoms with Crippen LogP contribution in [-0.2, 0) is 4.79 Å². The van der Waals surface area contributed by atoms with Crippen molar-refractivity contribution in [2.45, 2.75) is 10.1 Å². The summed E-state index contributed by atoms with van der Waals surface area (Å²) >= 11 is 2.98. The highest BCUT2D eigenvalue weighted by Gasteiger charge is 2.23. The van der Waals surface area contributed by atoms with Crippen molar-refractivity contribution in [3.8, 4) is 11.3 Å². The summed E-state index contributed by atoms with van der Waals surface area (Å²) in [5.74, 6) is -0.0750. The normalized spacial score (nSPS) is 11.7. The van der Waals surface area contributed by atoms with Gasteiger partial charge in [0.1, 0.15) is 5.25 Å².